The Morgan fingerprint density at radius 3 is 2.30 bits per heavy atom. The van der Waals surface area contributed by atoms with E-state index in [9.17, 15) is 4.79 Å². The minimum absolute atomic E-state index is 0.220. The monoisotopic (exact) mass is 281 g/mol. The van der Waals surface area contributed by atoms with E-state index in [1.165, 1.54) is 7.11 Å². The van der Waals surface area contributed by atoms with Crippen LogP contribution >= 0.6 is 0 Å². The molecule has 0 saturated carbocycles. The number of benzene rings is 1. The molecule has 0 fully saturated rings. The van der Waals surface area contributed by atoms with E-state index in [0.717, 1.165) is 24.5 Å². The maximum atomic E-state index is 11.3. The topological polar surface area (TPSA) is 48.0 Å². The Morgan fingerprint density at radius 2 is 1.75 bits per heavy atom. The van der Waals surface area contributed by atoms with Gasteiger partial charge in [0.1, 0.15) is 18.1 Å². The van der Waals surface area contributed by atoms with Gasteiger partial charge in [0.15, 0.2) is 0 Å². The van der Waals surface area contributed by atoms with Crippen LogP contribution in [0.5, 0.6) is 11.5 Å². The molecule has 5 nitrogen and oxygen atoms in total. The van der Waals surface area contributed by atoms with E-state index in [4.69, 9.17) is 9.47 Å². The molecule has 0 bridgehead atoms. The van der Waals surface area contributed by atoms with Crippen molar-refractivity contribution >= 4 is 5.97 Å². The number of ether oxygens (including phenoxy) is 3. The van der Waals surface area contributed by atoms with Crippen molar-refractivity contribution in [2.24, 2.45) is 0 Å². The van der Waals surface area contributed by atoms with Crippen molar-refractivity contribution < 1.29 is 19.0 Å². The molecule has 5 heteroatoms. The first kappa shape index (κ1) is 16.3. The first-order valence-electron chi connectivity index (χ1n) is 6.75. The largest absolute Gasteiger partial charge is 0.497 e. The molecule has 0 unspecified atom stereocenters. The molecule has 1 rings (SSSR count). The van der Waals surface area contributed by atoms with Gasteiger partial charge in [0, 0.05) is 6.54 Å². The lowest BCUT2D eigenvalue weighted by atomic mass is 10.3. The standard InChI is InChI=1S/C15H23NO4/c1-4-9-16(12-15(17)19-3)10-11-20-14-7-5-13(18-2)6-8-14/h5-8H,4,9-12H2,1-3H3. The molecule has 0 amide bonds. The number of nitrogens with zero attached hydrogens (tertiary/aromatic N) is 1. The van der Waals surface area contributed by atoms with Gasteiger partial charge in [0.2, 0.25) is 0 Å². The zero-order chi connectivity index (χ0) is 14.8. The summed E-state index contributed by atoms with van der Waals surface area (Å²) in [5, 5.41) is 0. The summed E-state index contributed by atoms with van der Waals surface area (Å²) < 4.78 is 15.4. The highest BCUT2D eigenvalue weighted by atomic mass is 16.5. The van der Waals surface area contributed by atoms with Gasteiger partial charge in [-0.1, -0.05) is 6.92 Å². The van der Waals surface area contributed by atoms with Crippen molar-refractivity contribution in [1.29, 1.82) is 0 Å². The molecule has 0 atom stereocenters. The fourth-order valence-electron chi connectivity index (χ4n) is 1.80. The summed E-state index contributed by atoms with van der Waals surface area (Å²) in [6.45, 7) is 4.45. The highest BCUT2D eigenvalue weighted by Gasteiger charge is 2.10. The molecular weight excluding hydrogens is 258 g/mol. The summed E-state index contributed by atoms with van der Waals surface area (Å²) in [6.07, 6.45) is 0.986. The zero-order valence-electron chi connectivity index (χ0n) is 12.4. The quantitative estimate of drug-likeness (QED) is 0.648. The molecule has 0 heterocycles. The normalized spacial score (nSPS) is 10.4. The molecule has 0 aromatic heterocycles. The SMILES string of the molecule is CCCN(CCOc1ccc(OC)cc1)CC(=O)OC. The lowest BCUT2D eigenvalue weighted by molar-refractivity contribution is -0.142. The van der Waals surface area contributed by atoms with Gasteiger partial charge in [-0.2, -0.15) is 0 Å². The van der Waals surface area contributed by atoms with Gasteiger partial charge in [-0.3, -0.25) is 9.69 Å². The number of rotatable bonds is 9. The number of hydrogen-bond donors (Lipinski definition) is 0. The number of carbonyl (C=O) groups is 1. The molecular formula is C15H23NO4. The third-order valence-electron chi connectivity index (χ3n) is 2.86. The second-order valence-electron chi connectivity index (χ2n) is 4.38. The van der Waals surface area contributed by atoms with E-state index in [1.807, 2.05) is 29.2 Å². The Labute approximate surface area is 120 Å². The minimum Gasteiger partial charge on any atom is -0.497 e. The van der Waals surface area contributed by atoms with Crippen LogP contribution < -0.4 is 9.47 Å². The van der Waals surface area contributed by atoms with Crippen LogP contribution in [0.25, 0.3) is 0 Å². The van der Waals surface area contributed by atoms with Crippen molar-refractivity contribution in [3.63, 3.8) is 0 Å². The van der Waals surface area contributed by atoms with E-state index in [-0.39, 0.29) is 5.97 Å². The second kappa shape index (κ2) is 9.20. The average molecular weight is 281 g/mol. The Bertz CT molecular complexity index is 391. The van der Waals surface area contributed by atoms with Crippen LogP contribution in [-0.2, 0) is 9.53 Å². The van der Waals surface area contributed by atoms with E-state index in [0.29, 0.717) is 19.7 Å². The highest BCUT2D eigenvalue weighted by molar-refractivity contribution is 5.71. The minimum atomic E-state index is -0.220. The second-order valence-corrected chi connectivity index (χ2v) is 4.38. The van der Waals surface area contributed by atoms with Gasteiger partial charge in [0.05, 0.1) is 20.8 Å². The lowest BCUT2D eigenvalue weighted by Gasteiger charge is -2.20. The van der Waals surface area contributed by atoms with Crippen LogP contribution in [-0.4, -0.2) is 51.3 Å². The maximum absolute atomic E-state index is 11.3. The first-order valence-corrected chi connectivity index (χ1v) is 6.75. The Morgan fingerprint density at radius 1 is 1.10 bits per heavy atom. The molecule has 0 aliphatic carbocycles. The number of hydrogen-bond acceptors (Lipinski definition) is 5. The van der Waals surface area contributed by atoms with Gasteiger partial charge in [-0.25, -0.2) is 0 Å². The maximum Gasteiger partial charge on any atom is 0.319 e. The van der Waals surface area contributed by atoms with Crippen LogP contribution in [0, 0.1) is 0 Å². The van der Waals surface area contributed by atoms with Crippen LogP contribution in [0.1, 0.15) is 13.3 Å². The van der Waals surface area contributed by atoms with E-state index < -0.39 is 0 Å². The fraction of sp³-hybridized carbons (Fsp3) is 0.533. The molecule has 1 aromatic rings. The predicted octanol–water partition coefficient (Wildman–Crippen LogP) is 1.96. The summed E-state index contributed by atoms with van der Waals surface area (Å²) in [7, 11) is 3.03. The van der Waals surface area contributed by atoms with Crippen LogP contribution in [0.2, 0.25) is 0 Å². The highest BCUT2D eigenvalue weighted by Crippen LogP contribution is 2.16. The molecule has 0 aliphatic rings. The molecule has 0 radical (unpaired) electrons. The van der Waals surface area contributed by atoms with Gasteiger partial charge < -0.3 is 14.2 Å². The van der Waals surface area contributed by atoms with Gasteiger partial charge in [-0.15, -0.1) is 0 Å². The van der Waals surface area contributed by atoms with Crippen molar-refractivity contribution in [1.82, 2.24) is 4.90 Å². The third-order valence-corrected chi connectivity index (χ3v) is 2.86. The fourth-order valence-corrected chi connectivity index (χ4v) is 1.80. The van der Waals surface area contributed by atoms with Crippen LogP contribution in [0.15, 0.2) is 24.3 Å². The molecule has 1 aromatic carbocycles. The lowest BCUT2D eigenvalue weighted by Crippen LogP contribution is -2.34. The van der Waals surface area contributed by atoms with E-state index in [2.05, 4.69) is 11.7 Å². The molecule has 0 N–H and O–H groups in total. The molecule has 112 valence electrons. The van der Waals surface area contributed by atoms with Crippen molar-refractivity contribution in [2.45, 2.75) is 13.3 Å². The third kappa shape index (κ3) is 5.93. The van der Waals surface area contributed by atoms with Crippen molar-refractivity contribution in [2.75, 3.05) is 40.5 Å². The number of carbonyl (C=O) groups excluding carboxylic acids is 1. The Kier molecular flexibility index (Phi) is 7.50. The van der Waals surface area contributed by atoms with E-state index in [1.54, 1.807) is 7.11 Å². The van der Waals surface area contributed by atoms with Gasteiger partial charge in [-0.05, 0) is 37.2 Å². The molecule has 0 spiro atoms. The Hall–Kier alpha value is -1.75. The predicted molar refractivity (Wildman–Crippen MR) is 77.2 cm³/mol. The van der Waals surface area contributed by atoms with Crippen LogP contribution in [0.4, 0.5) is 0 Å². The summed E-state index contributed by atoms with van der Waals surface area (Å²) in [4.78, 5) is 13.3. The van der Waals surface area contributed by atoms with Crippen molar-refractivity contribution in [3.8, 4) is 11.5 Å². The summed E-state index contributed by atoms with van der Waals surface area (Å²) in [5.41, 5.74) is 0. The Balaban J connectivity index is 2.36. The molecule has 20 heavy (non-hydrogen) atoms. The van der Waals surface area contributed by atoms with Gasteiger partial charge in [0.25, 0.3) is 0 Å². The smallest absolute Gasteiger partial charge is 0.319 e. The molecule has 0 saturated heterocycles. The van der Waals surface area contributed by atoms with Crippen LogP contribution in [0.3, 0.4) is 0 Å². The number of esters is 1. The summed E-state index contributed by atoms with van der Waals surface area (Å²) >= 11 is 0. The average Bonchev–Trinajstić information content (AvgIpc) is 2.48. The van der Waals surface area contributed by atoms with Gasteiger partial charge >= 0.3 is 5.97 Å². The molecule has 0 aliphatic heterocycles. The van der Waals surface area contributed by atoms with Crippen molar-refractivity contribution in [3.05, 3.63) is 24.3 Å². The zero-order valence-corrected chi connectivity index (χ0v) is 12.4. The summed E-state index contributed by atoms with van der Waals surface area (Å²) in [5.74, 6) is 1.37. The first-order chi connectivity index (χ1) is 9.69. The number of methoxy groups -OCH3 is 2. The van der Waals surface area contributed by atoms with E-state index >= 15 is 0 Å². The summed E-state index contributed by atoms with van der Waals surface area (Å²) in [6, 6.07) is 7.44.